The molecule has 202 valence electrons. The number of methoxy groups -OCH3 is 2. The van der Waals surface area contributed by atoms with E-state index in [0.29, 0.717) is 30.9 Å². The Morgan fingerprint density at radius 1 is 0.868 bits per heavy atom. The van der Waals surface area contributed by atoms with Crippen molar-refractivity contribution in [3.05, 3.63) is 95.3 Å². The highest BCUT2D eigenvalue weighted by molar-refractivity contribution is 5.88. The average Bonchev–Trinajstić information content (AvgIpc) is 2.93. The Balaban J connectivity index is 1.89. The summed E-state index contributed by atoms with van der Waals surface area (Å²) in [5, 5.41) is 3.01. The van der Waals surface area contributed by atoms with Crippen LogP contribution in [-0.4, -0.2) is 43.5 Å². The Labute approximate surface area is 224 Å². The third-order valence-corrected chi connectivity index (χ3v) is 6.30. The Bertz CT molecular complexity index is 1180. The highest BCUT2D eigenvalue weighted by Gasteiger charge is 2.30. The standard InChI is InChI=1S/C31H37FN2O4/c1-22(2)20-33-31(36)27(18-23-8-6-5-7-9-23)34(21-25-10-14-26(32)15-11-25)30(35)17-13-24-12-16-28(37-3)29(19-24)38-4/h5-12,14-16,19,22,27H,13,17-18,20-21H2,1-4H3,(H,33,36)/t27-/m1/s1. The number of carbonyl (C=O) groups excluding carboxylic acids is 2. The van der Waals surface area contributed by atoms with Gasteiger partial charge in [0.2, 0.25) is 11.8 Å². The van der Waals surface area contributed by atoms with Crippen molar-refractivity contribution in [3.63, 3.8) is 0 Å². The van der Waals surface area contributed by atoms with E-state index in [4.69, 9.17) is 9.47 Å². The highest BCUT2D eigenvalue weighted by atomic mass is 19.1. The van der Waals surface area contributed by atoms with E-state index in [1.807, 2.05) is 62.4 Å². The van der Waals surface area contributed by atoms with Gasteiger partial charge in [0.25, 0.3) is 0 Å². The minimum absolute atomic E-state index is 0.162. The van der Waals surface area contributed by atoms with E-state index < -0.39 is 6.04 Å². The number of benzene rings is 3. The van der Waals surface area contributed by atoms with Gasteiger partial charge in [0.05, 0.1) is 14.2 Å². The number of nitrogens with zero attached hydrogens (tertiary/aromatic N) is 1. The molecule has 0 aliphatic heterocycles. The van der Waals surface area contributed by atoms with Crippen LogP contribution in [0.15, 0.2) is 72.8 Å². The molecular weight excluding hydrogens is 483 g/mol. The van der Waals surface area contributed by atoms with Crippen molar-refractivity contribution in [2.45, 2.75) is 45.7 Å². The summed E-state index contributed by atoms with van der Waals surface area (Å²) in [7, 11) is 3.15. The minimum atomic E-state index is -0.723. The number of ether oxygens (including phenoxy) is 2. The molecule has 7 heteroatoms. The topological polar surface area (TPSA) is 67.9 Å². The normalized spacial score (nSPS) is 11.6. The molecule has 0 spiro atoms. The molecule has 3 aromatic carbocycles. The van der Waals surface area contributed by atoms with Crippen LogP contribution in [0.25, 0.3) is 0 Å². The molecule has 38 heavy (non-hydrogen) atoms. The smallest absolute Gasteiger partial charge is 0.243 e. The molecular formula is C31H37FN2O4. The van der Waals surface area contributed by atoms with Gasteiger partial charge in [0, 0.05) is 25.9 Å². The lowest BCUT2D eigenvalue weighted by molar-refractivity contribution is -0.141. The first-order valence-corrected chi connectivity index (χ1v) is 12.9. The van der Waals surface area contributed by atoms with Gasteiger partial charge in [0.15, 0.2) is 11.5 Å². The number of hydrogen-bond donors (Lipinski definition) is 1. The van der Waals surface area contributed by atoms with E-state index in [1.165, 1.54) is 12.1 Å². The maximum Gasteiger partial charge on any atom is 0.243 e. The van der Waals surface area contributed by atoms with E-state index in [1.54, 1.807) is 31.3 Å². The predicted octanol–water partition coefficient (Wildman–Crippen LogP) is 5.19. The second-order valence-corrected chi connectivity index (χ2v) is 9.68. The van der Waals surface area contributed by atoms with Crippen LogP contribution >= 0.6 is 0 Å². The lowest BCUT2D eigenvalue weighted by Gasteiger charge is -2.32. The fourth-order valence-electron chi connectivity index (χ4n) is 4.19. The number of nitrogens with one attached hydrogen (secondary N) is 1. The van der Waals surface area contributed by atoms with E-state index in [2.05, 4.69) is 5.32 Å². The van der Waals surface area contributed by atoms with Gasteiger partial charge in [-0.3, -0.25) is 9.59 Å². The zero-order valence-electron chi connectivity index (χ0n) is 22.6. The van der Waals surface area contributed by atoms with Crippen molar-refractivity contribution in [1.82, 2.24) is 10.2 Å². The van der Waals surface area contributed by atoms with Crippen LogP contribution in [0.3, 0.4) is 0 Å². The van der Waals surface area contributed by atoms with Gasteiger partial charge in [-0.15, -0.1) is 0 Å². The minimum Gasteiger partial charge on any atom is -0.493 e. The molecule has 0 saturated carbocycles. The first kappa shape index (κ1) is 28.7. The van der Waals surface area contributed by atoms with Gasteiger partial charge in [0.1, 0.15) is 11.9 Å². The molecule has 0 aliphatic rings. The van der Waals surface area contributed by atoms with Crippen LogP contribution in [0.4, 0.5) is 4.39 Å². The quantitative estimate of drug-likeness (QED) is 0.337. The van der Waals surface area contributed by atoms with E-state index in [0.717, 1.165) is 16.7 Å². The summed E-state index contributed by atoms with van der Waals surface area (Å²) in [6, 6.07) is 20.5. The number of amides is 2. The molecule has 0 aliphatic carbocycles. The number of rotatable bonds is 13. The first-order valence-electron chi connectivity index (χ1n) is 12.9. The number of hydrogen-bond acceptors (Lipinski definition) is 4. The van der Waals surface area contributed by atoms with Crippen LogP contribution in [0, 0.1) is 11.7 Å². The number of carbonyl (C=O) groups is 2. The van der Waals surface area contributed by atoms with Crippen molar-refractivity contribution in [2.24, 2.45) is 5.92 Å². The summed E-state index contributed by atoms with van der Waals surface area (Å²) in [5.74, 6) is 0.757. The molecule has 6 nitrogen and oxygen atoms in total. The van der Waals surface area contributed by atoms with E-state index in [9.17, 15) is 14.0 Å². The maximum absolute atomic E-state index is 13.8. The Morgan fingerprint density at radius 3 is 2.16 bits per heavy atom. The molecule has 1 atom stereocenters. The lowest BCUT2D eigenvalue weighted by Crippen LogP contribution is -2.51. The van der Waals surface area contributed by atoms with E-state index >= 15 is 0 Å². The summed E-state index contributed by atoms with van der Waals surface area (Å²) in [6.45, 7) is 4.75. The largest absolute Gasteiger partial charge is 0.493 e. The zero-order valence-corrected chi connectivity index (χ0v) is 22.6. The summed E-state index contributed by atoms with van der Waals surface area (Å²) >= 11 is 0. The SMILES string of the molecule is COc1ccc(CCC(=O)N(Cc2ccc(F)cc2)[C@H](Cc2ccccc2)C(=O)NCC(C)C)cc1OC. The van der Waals surface area contributed by atoms with Gasteiger partial charge >= 0.3 is 0 Å². The molecule has 3 rings (SSSR count). The Morgan fingerprint density at radius 2 is 1.53 bits per heavy atom. The highest BCUT2D eigenvalue weighted by Crippen LogP contribution is 2.28. The molecule has 2 amide bonds. The third kappa shape index (κ3) is 8.33. The number of aryl methyl sites for hydroxylation is 1. The second kappa shape index (κ2) is 14.2. The average molecular weight is 521 g/mol. The van der Waals surface area contributed by atoms with Gasteiger partial charge < -0.3 is 19.7 Å². The molecule has 0 unspecified atom stereocenters. The molecule has 3 aromatic rings. The Hall–Kier alpha value is -3.87. The van der Waals surface area contributed by atoms with Crippen LogP contribution < -0.4 is 14.8 Å². The fraction of sp³-hybridized carbons (Fsp3) is 0.355. The molecule has 0 heterocycles. The summed E-state index contributed by atoms with van der Waals surface area (Å²) < 4.78 is 24.3. The number of halogens is 1. The molecule has 0 aromatic heterocycles. The molecule has 0 bridgehead atoms. The summed E-state index contributed by atoms with van der Waals surface area (Å²) in [4.78, 5) is 28.9. The maximum atomic E-state index is 13.8. The van der Waals surface area contributed by atoms with Gasteiger partial charge in [-0.2, -0.15) is 0 Å². The van der Waals surface area contributed by atoms with Crippen LogP contribution in [0.5, 0.6) is 11.5 Å². The van der Waals surface area contributed by atoms with Gasteiger partial charge in [-0.25, -0.2) is 4.39 Å². The summed E-state index contributed by atoms with van der Waals surface area (Å²) in [6.07, 6.45) is 1.03. The van der Waals surface area contributed by atoms with Crippen molar-refractivity contribution >= 4 is 11.8 Å². The van der Waals surface area contributed by atoms with Crippen molar-refractivity contribution < 1.29 is 23.5 Å². The predicted molar refractivity (Wildman–Crippen MR) is 147 cm³/mol. The second-order valence-electron chi connectivity index (χ2n) is 9.68. The van der Waals surface area contributed by atoms with Crippen molar-refractivity contribution in [1.29, 1.82) is 0 Å². The molecule has 0 fully saturated rings. The van der Waals surface area contributed by atoms with E-state index in [-0.39, 0.29) is 36.5 Å². The molecule has 0 radical (unpaired) electrons. The molecule has 1 N–H and O–H groups in total. The zero-order chi connectivity index (χ0) is 27.5. The van der Waals surface area contributed by atoms with Crippen LogP contribution in [-0.2, 0) is 29.0 Å². The van der Waals surface area contributed by atoms with Crippen LogP contribution in [0.2, 0.25) is 0 Å². The summed E-state index contributed by atoms with van der Waals surface area (Å²) in [5.41, 5.74) is 2.62. The fourth-order valence-corrected chi connectivity index (χ4v) is 4.19. The van der Waals surface area contributed by atoms with Crippen molar-refractivity contribution in [2.75, 3.05) is 20.8 Å². The third-order valence-electron chi connectivity index (χ3n) is 6.30. The van der Waals surface area contributed by atoms with Crippen LogP contribution in [0.1, 0.15) is 37.0 Å². The van der Waals surface area contributed by atoms with Crippen molar-refractivity contribution in [3.8, 4) is 11.5 Å². The molecule has 0 saturated heterocycles. The van der Waals surface area contributed by atoms with Gasteiger partial charge in [-0.1, -0.05) is 62.4 Å². The van der Waals surface area contributed by atoms with Gasteiger partial charge in [-0.05, 0) is 53.3 Å². The lowest BCUT2D eigenvalue weighted by atomic mass is 10.0. The monoisotopic (exact) mass is 520 g/mol. The Kier molecular flexibility index (Phi) is 10.7. The first-order chi connectivity index (χ1) is 18.3.